The van der Waals surface area contributed by atoms with Gasteiger partial charge >= 0.3 is 0 Å². The van der Waals surface area contributed by atoms with Crippen LogP contribution < -0.4 is 10.5 Å². The Labute approximate surface area is 169 Å². The van der Waals surface area contributed by atoms with Crippen LogP contribution in [0.25, 0.3) is 33.1 Å². The Morgan fingerprint density at radius 3 is 2.79 bits per heavy atom. The first kappa shape index (κ1) is 18.8. The summed E-state index contributed by atoms with van der Waals surface area (Å²) >= 11 is 6.65. The van der Waals surface area contributed by atoms with Crippen molar-refractivity contribution in [3.63, 3.8) is 0 Å². The van der Waals surface area contributed by atoms with Gasteiger partial charge in [-0.1, -0.05) is 23.7 Å². The molecule has 144 valence electrons. The topological polar surface area (TPSA) is 63.9 Å². The third-order valence-electron chi connectivity index (χ3n) is 5.31. The lowest BCUT2D eigenvalue weighted by molar-refractivity contribution is 0.417. The molecule has 0 saturated carbocycles. The lowest BCUT2D eigenvalue weighted by Crippen LogP contribution is -2.00. The Kier molecular flexibility index (Phi) is 5.25. The number of benzene rings is 2. The van der Waals surface area contributed by atoms with Crippen molar-refractivity contribution in [3.05, 3.63) is 58.7 Å². The number of hydrogen-bond acceptors (Lipinski definition) is 3. The van der Waals surface area contributed by atoms with Crippen LogP contribution >= 0.6 is 11.6 Å². The first-order chi connectivity index (χ1) is 13.7. The standard InChI is InChI=1S/C23H24ClN3O/c1-14-8-9-17(24)20-16(6-3-4-12-25)23(27-22(14)20)21-15-7-5-13-26-18(15)10-11-19(21)28-2/h5,7-11,13,27H,3-4,6,12,25H2,1-2H3. The van der Waals surface area contributed by atoms with E-state index in [2.05, 4.69) is 29.0 Å². The van der Waals surface area contributed by atoms with Crippen LogP contribution in [-0.2, 0) is 6.42 Å². The highest BCUT2D eigenvalue weighted by atomic mass is 35.5. The predicted octanol–water partition coefficient (Wildman–Crippen LogP) is 5.63. The number of unbranched alkanes of at least 4 members (excludes halogenated alkanes) is 1. The van der Waals surface area contributed by atoms with E-state index in [-0.39, 0.29) is 0 Å². The van der Waals surface area contributed by atoms with Gasteiger partial charge in [-0.3, -0.25) is 4.98 Å². The molecular weight excluding hydrogens is 370 g/mol. The highest BCUT2D eigenvalue weighted by molar-refractivity contribution is 6.36. The molecule has 0 radical (unpaired) electrons. The van der Waals surface area contributed by atoms with E-state index < -0.39 is 0 Å². The van der Waals surface area contributed by atoms with Gasteiger partial charge in [-0.15, -0.1) is 0 Å². The van der Waals surface area contributed by atoms with Crippen molar-refractivity contribution in [2.45, 2.75) is 26.2 Å². The van der Waals surface area contributed by atoms with Crippen LogP contribution in [0.4, 0.5) is 0 Å². The Balaban J connectivity index is 2.06. The van der Waals surface area contributed by atoms with E-state index in [9.17, 15) is 0 Å². The highest BCUT2D eigenvalue weighted by Crippen LogP contribution is 2.43. The third-order valence-corrected chi connectivity index (χ3v) is 5.63. The van der Waals surface area contributed by atoms with Crippen molar-refractivity contribution in [2.75, 3.05) is 13.7 Å². The van der Waals surface area contributed by atoms with E-state index in [0.717, 1.165) is 63.1 Å². The minimum atomic E-state index is 0.686. The molecular formula is C23H24ClN3O. The number of halogens is 1. The van der Waals surface area contributed by atoms with Crippen LogP contribution in [-0.4, -0.2) is 23.6 Å². The minimum Gasteiger partial charge on any atom is -0.496 e. The molecule has 0 unspecified atom stereocenters. The van der Waals surface area contributed by atoms with Gasteiger partial charge in [-0.25, -0.2) is 0 Å². The van der Waals surface area contributed by atoms with Crippen molar-refractivity contribution in [1.82, 2.24) is 9.97 Å². The van der Waals surface area contributed by atoms with Crippen molar-refractivity contribution in [3.8, 4) is 17.0 Å². The second-order valence-electron chi connectivity index (χ2n) is 7.05. The second kappa shape index (κ2) is 7.82. The molecule has 4 rings (SSSR count). The quantitative estimate of drug-likeness (QED) is 0.417. The molecule has 4 aromatic rings. The molecule has 28 heavy (non-hydrogen) atoms. The molecule has 0 atom stereocenters. The number of rotatable bonds is 6. The highest BCUT2D eigenvalue weighted by Gasteiger charge is 2.21. The Hall–Kier alpha value is -2.56. The number of nitrogens with one attached hydrogen (secondary N) is 1. The summed E-state index contributed by atoms with van der Waals surface area (Å²) in [4.78, 5) is 8.18. The maximum absolute atomic E-state index is 6.65. The summed E-state index contributed by atoms with van der Waals surface area (Å²) < 4.78 is 5.74. The fourth-order valence-electron chi connectivity index (χ4n) is 3.93. The average Bonchev–Trinajstić information content (AvgIpc) is 3.10. The molecule has 2 aromatic carbocycles. The molecule has 2 aromatic heterocycles. The lowest BCUT2D eigenvalue weighted by atomic mass is 9.96. The van der Waals surface area contributed by atoms with Gasteiger partial charge < -0.3 is 15.5 Å². The monoisotopic (exact) mass is 393 g/mol. The summed E-state index contributed by atoms with van der Waals surface area (Å²) in [5.41, 5.74) is 12.2. The Morgan fingerprint density at radius 1 is 1.14 bits per heavy atom. The number of H-pyrrole nitrogens is 1. The van der Waals surface area contributed by atoms with E-state index in [1.54, 1.807) is 7.11 Å². The zero-order valence-corrected chi connectivity index (χ0v) is 16.9. The van der Waals surface area contributed by atoms with E-state index in [1.807, 2.05) is 30.5 Å². The van der Waals surface area contributed by atoms with Gasteiger partial charge in [0.05, 0.1) is 28.9 Å². The summed E-state index contributed by atoms with van der Waals surface area (Å²) in [6.45, 7) is 2.79. The van der Waals surface area contributed by atoms with Gasteiger partial charge in [-0.05, 0) is 68.1 Å². The molecule has 2 heterocycles. The molecule has 0 aliphatic rings. The second-order valence-corrected chi connectivity index (χ2v) is 7.46. The first-order valence-electron chi connectivity index (χ1n) is 9.57. The van der Waals surface area contributed by atoms with Gasteiger partial charge in [0.25, 0.3) is 0 Å². The van der Waals surface area contributed by atoms with Gasteiger partial charge in [-0.2, -0.15) is 0 Å². The number of ether oxygens (including phenoxy) is 1. The molecule has 0 aliphatic heterocycles. The first-order valence-corrected chi connectivity index (χ1v) is 9.95. The van der Waals surface area contributed by atoms with Gasteiger partial charge in [0, 0.05) is 22.5 Å². The number of methoxy groups -OCH3 is 1. The molecule has 0 fully saturated rings. The van der Waals surface area contributed by atoms with Crippen LogP contribution in [0.2, 0.25) is 5.02 Å². The molecule has 0 aliphatic carbocycles. The number of pyridine rings is 1. The fraction of sp³-hybridized carbons (Fsp3) is 0.261. The number of nitrogens with zero attached hydrogens (tertiary/aromatic N) is 1. The SMILES string of the molecule is COc1ccc2ncccc2c1-c1[nH]c2c(C)ccc(Cl)c2c1CCCCN. The molecule has 5 heteroatoms. The van der Waals surface area contributed by atoms with Crippen molar-refractivity contribution in [1.29, 1.82) is 0 Å². The van der Waals surface area contributed by atoms with E-state index >= 15 is 0 Å². The van der Waals surface area contributed by atoms with Crippen molar-refractivity contribution in [2.24, 2.45) is 5.73 Å². The predicted molar refractivity (Wildman–Crippen MR) is 117 cm³/mol. The number of fused-ring (bicyclic) bond motifs is 2. The van der Waals surface area contributed by atoms with Gasteiger partial charge in [0.15, 0.2) is 0 Å². The molecule has 0 spiro atoms. The van der Waals surface area contributed by atoms with Gasteiger partial charge in [0.1, 0.15) is 5.75 Å². The molecule has 0 saturated heterocycles. The maximum Gasteiger partial charge on any atom is 0.128 e. The number of aromatic nitrogens is 2. The number of nitrogens with two attached hydrogens (primary N) is 1. The van der Waals surface area contributed by atoms with Crippen LogP contribution in [0.3, 0.4) is 0 Å². The van der Waals surface area contributed by atoms with Crippen LogP contribution in [0.1, 0.15) is 24.0 Å². The van der Waals surface area contributed by atoms with Crippen molar-refractivity contribution < 1.29 is 4.74 Å². The summed E-state index contributed by atoms with van der Waals surface area (Å²) in [5.74, 6) is 0.820. The molecule has 3 N–H and O–H groups in total. The maximum atomic E-state index is 6.65. The van der Waals surface area contributed by atoms with Crippen LogP contribution in [0, 0.1) is 6.92 Å². The summed E-state index contributed by atoms with van der Waals surface area (Å²) in [7, 11) is 1.70. The van der Waals surface area contributed by atoms with Gasteiger partial charge in [0.2, 0.25) is 0 Å². The Morgan fingerprint density at radius 2 is 2.00 bits per heavy atom. The minimum absolute atomic E-state index is 0.686. The van der Waals surface area contributed by atoms with E-state index in [4.69, 9.17) is 22.1 Å². The normalized spacial score (nSPS) is 11.4. The van der Waals surface area contributed by atoms with E-state index in [1.165, 1.54) is 11.1 Å². The summed E-state index contributed by atoms with van der Waals surface area (Å²) in [6.07, 6.45) is 4.69. The number of hydrogen-bond donors (Lipinski definition) is 2. The van der Waals surface area contributed by atoms with Crippen LogP contribution in [0.5, 0.6) is 5.75 Å². The summed E-state index contributed by atoms with van der Waals surface area (Å²) in [6, 6.07) is 12.0. The van der Waals surface area contributed by atoms with Crippen LogP contribution in [0.15, 0.2) is 42.6 Å². The molecule has 0 bridgehead atoms. The Bertz CT molecular complexity index is 1150. The number of aromatic amines is 1. The van der Waals surface area contributed by atoms with E-state index in [0.29, 0.717) is 6.54 Å². The molecule has 0 amide bonds. The fourth-order valence-corrected chi connectivity index (χ4v) is 4.20. The average molecular weight is 394 g/mol. The zero-order valence-electron chi connectivity index (χ0n) is 16.2. The number of aryl methyl sites for hydroxylation is 2. The summed E-state index contributed by atoms with van der Waals surface area (Å²) in [5, 5.41) is 2.92. The zero-order chi connectivity index (χ0) is 19.7. The third kappa shape index (κ3) is 3.13. The largest absolute Gasteiger partial charge is 0.496 e. The molecule has 4 nitrogen and oxygen atoms in total. The van der Waals surface area contributed by atoms with Crippen molar-refractivity contribution >= 4 is 33.4 Å². The smallest absolute Gasteiger partial charge is 0.128 e. The lowest BCUT2D eigenvalue weighted by Gasteiger charge is -2.13.